The Bertz CT molecular complexity index is 613. The zero-order valence-corrected chi connectivity index (χ0v) is 12.7. The molecule has 2 rings (SSSR count). The number of nitrogens with zero attached hydrogens (tertiary/aromatic N) is 2. The highest BCUT2D eigenvalue weighted by molar-refractivity contribution is 6.31. The minimum atomic E-state index is -0.279. The second-order valence-corrected chi connectivity index (χ2v) is 5.27. The monoisotopic (exact) mass is 304 g/mol. The highest BCUT2D eigenvalue weighted by Gasteiger charge is 2.09. The molecule has 0 saturated carbocycles. The standard InChI is InChI=1S/C15H17ClN4O/c1-10(2)20-14-9-17-13(8-18-14)15(21)19-7-11-5-3-4-6-12(11)16/h3-6,8-10H,7H2,1-2H3,(H,18,20)(H,19,21). The summed E-state index contributed by atoms with van der Waals surface area (Å²) >= 11 is 6.04. The van der Waals surface area contributed by atoms with Crippen LogP contribution in [0.25, 0.3) is 0 Å². The van der Waals surface area contributed by atoms with Gasteiger partial charge in [-0.15, -0.1) is 0 Å². The molecule has 0 bridgehead atoms. The molecule has 1 aromatic heterocycles. The third kappa shape index (κ3) is 4.43. The average Bonchev–Trinajstić information content (AvgIpc) is 2.46. The molecule has 1 heterocycles. The Morgan fingerprint density at radius 1 is 1.24 bits per heavy atom. The first-order valence-corrected chi connectivity index (χ1v) is 7.04. The first kappa shape index (κ1) is 15.3. The molecule has 0 saturated heterocycles. The lowest BCUT2D eigenvalue weighted by molar-refractivity contribution is 0.0945. The second kappa shape index (κ2) is 7.04. The van der Waals surface area contributed by atoms with Gasteiger partial charge in [-0.05, 0) is 25.5 Å². The molecule has 0 atom stereocenters. The molecule has 0 fully saturated rings. The Balaban J connectivity index is 1.96. The van der Waals surface area contributed by atoms with Crippen LogP contribution in [0.2, 0.25) is 5.02 Å². The number of anilines is 1. The van der Waals surface area contributed by atoms with Gasteiger partial charge in [0.2, 0.25) is 0 Å². The lowest BCUT2D eigenvalue weighted by atomic mass is 10.2. The lowest BCUT2D eigenvalue weighted by Crippen LogP contribution is -2.24. The third-order valence-corrected chi connectivity index (χ3v) is 3.09. The summed E-state index contributed by atoms with van der Waals surface area (Å²) < 4.78 is 0. The van der Waals surface area contributed by atoms with Crippen LogP contribution >= 0.6 is 11.6 Å². The molecule has 0 radical (unpaired) electrons. The van der Waals surface area contributed by atoms with Gasteiger partial charge in [-0.1, -0.05) is 29.8 Å². The molecule has 0 spiro atoms. The summed E-state index contributed by atoms with van der Waals surface area (Å²) in [5, 5.41) is 6.51. The number of carbonyl (C=O) groups excluding carboxylic acids is 1. The Kier molecular flexibility index (Phi) is 5.11. The van der Waals surface area contributed by atoms with Crippen molar-refractivity contribution in [1.82, 2.24) is 15.3 Å². The summed E-state index contributed by atoms with van der Waals surface area (Å²) in [6.07, 6.45) is 3.00. The van der Waals surface area contributed by atoms with Crippen molar-refractivity contribution < 1.29 is 4.79 Å². The fourth-order valence-corrected chi connectivity index (χ4v) is 1.93. The smallest absolute Gasteiger partial charge is 0.271 e. The molecule has 0 unspecified atom stereocenters. The van der Waals surface area contributed by atoms with E-state index in [2.05, 4.69) is 20.6 Å². The van der Waals surface area contributed by atoms with Crippen molar-refractivity contribution in [2.45, 2.75) is 26.4 Å². The van der Waals surface area contributed by atoms with E-state index in [1.165, 1.54) is 6.20 Å². The molecule has 2 N–H and O–H groups in total. The van der Waals surface area contributed by atoms with Crippen molar-refractivity contribution in [2.24, 2.45) is 0 Å². The summed E-state index contributed by atoms with van der Waals surface area (Å²) in [6, 6.07) is 7.64. The number of amides is 1. The van der Waals surface area contributed by atoms with Gasteiger partial charge >= 0.3 is 0 Å². The Morgan fingerprint density at radius 2 is 2.00 bits per heavy atom. The quantitative estimate of drug-likeness (QED) is 0.891. The van der Waals surface area contributed by atoms with E-state index < -0.39 is 0 Å². The largest absolute Gasteiger partial charge is 0.367 e. The highest BCUT2D eigenvalue weighted by atomic mass is 35.5. The van der Waals surface area contributed by atoms with Crippen molar-refractivity contribution >= 4 is 23.3 Å². The van der Waals surface area contributed by atoms with Gasteiger partial charge < -0.3 is 10.6 Å². The highest BCUT2D eigenvalue weighted by Crippen LogP contribution is 2.14. The minimum absolute atomic E-state index is 0.263. The summed E-state index contributed by atoms with van der Waals surface area (Å²) in [4.78, 5) is 20.2. The van der Waals surface area contributed by atoms with Crippen LogP contribution in [0.15, 0.2) is 36.7 Å². The molecule has 6 heteroatoms. The van der Waals surface area contributed by atoms with Gasteiger partial charge in [0.05, 0.1) is 12.4 Å². The van der Waals surface area contributed by atoms with Crippen molar-refractivity contribution in [3.63, 3.8) is 0 Å². The summed E-state index contributed by atoms with van der Waals surface area (Å²) in [5.41, 5.74) is 1.13. The van der Waals surface area contributed by atoms with Gasteiger partial charge in [0.25, 0.3) is 5.91 Å². The normalized spacial score (nSPS) is 10.5. The maximum Gasteiger partial charge on any atom is 0.271 e. The molecule has 0 aliphatic rings. The Hall–Kier alpha value is -2.14. The van der Waals surface area contributed by atoms with E-state index in [4.69, 9.17) is 11.6 Å². The fraction of sp³-hybridized carbons (Fsp3) is 0.267. The first-order chi connectivity index (χ1) is 10.1. The van der Waals surface area contributed by atoms with E-state index in [0.717, 1.165) is 5.56 Å². The number of halogens is 1. The predicted molar refractivity (Wildman–Crippen MR) is 83.4 cm³/mol. The first-order valence-electron chi connectivity index (χ1n) is 6.66. The molecule has 110 valence electrons. The summed E-state index contributed by atoms with van der Waals surface area (Å²) in [5.74, 6) is 0.367. The van der Waals surface area contributed by atoms with Crippen LogP contribution in [0, 0.1) is 0 Å². The molecular weight excluding hydrogens is 288 g/mol. The molecule has 2 aromatic rings. The number of aromatic nitrogens is 2. The Labute approximate surface area is 128 Å². The molecular formula is C15H17ClN4O. The van der Waals surface area contributed by atoms with Crippen LogP contribution in [0.3, 0.4) is 0 Å². The summed E-state index contributed by atoms with van der Waals surface area (Å²) in [6.45, 7) is 4.37. The number of hydrogen-bond donors (Lipinski definition) is 2. The van der Waals surface area contributed by atoms with Gasteiger partial charge in [-0.25, -0.2) is 9.97 Å². The van der Waals surface area contributed by atoms with Gasteiger partial charge in [-0.2, -0.15) is 0 Å². The predicted octanol–water partition coefficient (Wildman–Crippen LogP) is 2.88. The van der Waals surface area contributed by atoms with Crippen LogP contribution in [-0.2, 0) is 6.54 Å². The molecule has 0 aliphatic carbocycles. The van der Waals surface area contributed by atoms with Crippen molar-refractivity contribution in [3.05, 3.63) is 52.9 Å². The van der Waals surface area contributed by atoms with Gasteiger partial charge in [0.15, 0.2) is 0 Å². The summed E-state index contributed by atoms with van der Waals surface area (Å²) in [7, 11) is 0. The van der Waals surface area contributed by atoms with Gasteiger partial charge in [0, 0.05) is 17.6 Å². The SMILES string of the molecule is CC(C)Nc1cnc(C(=O)NCc2ccccc2Cl)cn1. The third-order valence-electron chi connectivity index (χ3n) is 2.72. The van der Waals surface area contributed by atoms with Crippen LogP contribution in [0.4, 0.5) is 5.82 Å². The maximum absolute atomic E-state index is 12.0. The second-order valence-electron chi connectivity index (χ2n) is 4.86. The fourth-order valence-electron chi connectivity index (χ4n) is 1.72. The number of carbonyl (C=O) groups is 1. The molecule has 0 aliphatic heterocycles. The van der Waals surface area contributed by atoms with Crippen molar-refractivity contribution in [1.29, 1.82) is 0 Å². The van der Waals surface area contributed by atoms with E-state index in [1.807, 2.05) is 32.0 Å². The van der Waals surface area contributed by atoms with E-state index in [-0.39, 0.29) is 17.6 Å². The number of rotatable bonds is 5. The minimum Gasteiger partial charge on any atom is -0.367 e. The van der Waals surface area contributed by atoms with E-state index in [0.29, 0.717) is 17.4 Å². The number of benzene rings is 1. The van der Waals surface area contributed by atoms with E-state index >= 15 is 0 Å². The van der Waals surface area contributed by atoms with Crippen LogP contribution in [0.5, 0.6) is 0 Å². The van der Waals surface area contributed by atoms with E-state index in [1.54, 1.807) is 12.3 Å². The molecule has 1 amide bonds. The number of hydrogen-bond acceptors (Lipinski definition) is 4. The number of nitrogens with one attached hydrogen (secondary N) is 2. The lowest BCUT2D eigenvalue weighted by Gasteiger charge is -2.09. The molecule has 5 nitrogen and oxygen atoms in total. The van der Waals surface area contributed by atoms with Gasteiger partial charge in [0.1, 0.15) is 11.5 Å². The maximum atomic E-state index is 12.0. The topological polar surface area (TPSA) is 66.9 Å². The van der Waals surface area contributed by atoms with E-state index in [9.17, 15) is 4.79 Å². The average molecular weight is 305 g/mol. The van der Waals surface area contributed by atoms with Crippen LogP contribution in [-0.4, -0.2) is 21.9 Å². The zero-order chi connectivity index (χ0) is 15.2. The van der Waals surface area contributed by atoms with Crippen molar-refractivity contribution in [3.8, 4) is 0 Å². The molecule has 1 aromatic carbocycles. The molecule has 21 heavy (non-hydrogen) atoms. The van der Waals surface area contributed by atoms with Crippen LogP contribution < -0.4 is 10.6 Å². The van der Waals surface area contributed by atoms with Crippen molar-refractivity contribution in [2.75, 3.05) is 5.32 Å². The Morgan fingerprint density at radius 3 is 2.62 bits per heavy atom. The van der Waals surface area contributed by atoms with Crippen LogP contribution in [0.1, 0.15) is 29.9 Å². The zero-order valence-electron chi connectivity index (χ0n) is 11.9. The van der Waals surface area contributed by atoms with Gasteiger partial charge in [-0.3, -0.25) is 4.79 Å².